The molecule has 1 unspecified atom stereocenters. The zero-order valence-corrected chi connectivity index (χ0v) is 11.1. The summed E-state index contributed by atoms with van der Waals surface area (Å²) in [5.74, 6) is -0.245. The molecule has 0 radical (unpaired) electrons. The van der Waals surface area contributed by atoms with Crippen molar-refractivity contribution in [2.45, 2.75) is 57.8 Å². The monoisotopic (exact) mass is 229 g/mol. The SMILES string of the molecule is CCNC1(C(=O)OC)CC(C)(C)OC1(C)C. The molecule has 0 saturated carbocycles. The number of hydrogen-bond donors (Lipinski definition) is 1. The Hall–Kier alpha value is -0.610. The molecule has 94 valence electrons. The highest BCUT2D eigenvalue weighted by Crippen LogP contribution is 2.45. The Balaban J connectivity index is 3.14. The Bertz CT molecular complexity index is 286. The number of likely N-dealkylation sites (N-methyl/N-ethyl adjacent to an activating group) is 1. The number of methoxy groups -OCH3 is 1. The zero-order chi connectivity index (χ0) is 12.6. The lowest BCUT2D eigenvalue weighted by atomic mass is 9.79. The van der Waals surface area contributed by atoms with Crippen LogP contribution in [0, 0.1) is 0 Å². The highest BCUT2D eigenvalue weighted by Gasteiger charge is 2.62. The lowest BCUT2D eigenvalue weighted by Gasteiger charge is -2.37. The lowest BCUT2D eigenvalue weighted by Crippen LogP contribution is -2.63. The van der Waals surface area contributed by atoms with Crippen LogP contribution in [0.4, 0.5) is 0 Å². The van der Waals surface area contributed by atoms with E-state index in [0.717, 1.165) is 0 Å². The molecule has 0 spiro atoms. The van der Waals surface area contributed by atoms with E-state index in [2.05, 4.69) is 5.32 Å². The first-order valence-corrected chi connectivity index (χ1v) is 5.74. The molecular formula is C12H23NO3. The second-order valence-corrected chi connectivity index (χ2v) is 5.48. The van der Waals surface area contributed by atoms with E-state index in [1.54, 1.807) is 0 Å². The number of carbonyl (C=O) groups excluding carboxylic acids is 1. The number of esters is 1. The van der Waals surface area contributed by atoms with E-state index in [-0.39, 0.29) is 11.6 Å². The minimum absolute atomic E-state index is 0.245. The van der Waals surface area contributed by atoms with E-state index in [9.17, 15) is 4.79 Å². The van der Waals surface area contributed by atoms with Gasteiger partial charge < -0.3 is 9.47 Å². The van der Waals surface area contributed by atoms with Gasteiger partial charge in [0.15, 0.2) is 0 Å². The minimum Gasteiger partial charge on any atom is -0.468 e. The molecular weight excluding hydrogens is 206 g/mol. The Morgan fingerprint density at radius 1 is 1.38 bits per heavy atom. The van der Waals surface area contributed by atoms with Crippen LogP contribution in [0.5, 0.6) is 0 Å². The van der Waals surface area contributed by atoms with Crippen molar-refractivity contribution in [1.29, 1.82) is 0 Å². The van der Waals surface area contributed by atoms with Gasteiger partial charge in [-0.1, -0.05) is 6.92 Å². The maximum Gasteiger partial charge on any atom is 0.329 e. The van der Waals surface area contributed by atoms with E-state index in [1.807, 2.05) is 34.6 Å². The molecule has 1 saturated heterocycles. The molecule has 1 aliphatic heterocycles. The summed E-state index contributed by atoms with van der Waals surface area (Å²) in [6, 6.07) is 0. The van der Waals surface area contributed by atoms with Crippen molar-refractivity contribution in [2.75, 3.05) is 13.7 Å². The first-order valence-electron chi connectivity index (χ1n) is 5.74. The second kappa shape index (κ2) is 4.00. The van der Waals surface area contributed by atoms with Gasteiger partial charge in [-0.3, -0.25) is 5.32 Å². The molecule has 1 fully saturated rings. The van der Waals surface area contributed by atoms with Crippen molar-refractivity contribution >= 4 is 5.97 Å². The molecule has 1 rings (SSSR count). The summed E-state index contributed by atoms with van der Waals surface area (Å²) in [7, 11) is 1.42. The largest absolute Gasteiger partial charge is 0.468 e. The Labute approximate surface area is 97.7 Å². The van der Waals surface area contributed by atoms with E-state index < -0.39 is 11.1 Å². The van der Waals surface area contributed by atoms with Crippen LogP contribution in [0.25, 0.3) is 0 Å². The van der Waals surface area contributed by atoms with Crippen LogP contribution in [0.2, 0.25) is 0 Å². The summed E-state index contributed by atoms with van der Waals surface area (Å²) in [4.78, 5) is 12.1. The average molecular weight is 229 g/mol. The van der Waals surface area contributed by atoms with Crippen molar-refractivity contribution in [3.63, 3.8) is 0 Å². The molecule has 0 aliphatic carbocycles. The molecule has 4 nitrogen and oxygen atoms in total. The van der Waals surface area contributed by atoms with E-state index in [0.29, 0.717) is 13.0 Å². The second-order valence-electron chi connectivity index (χ2n) is 5.48. The van der Waals surface area contributed by atoms with Gasteiger partial charge in [-0.25, -0.2) is 4.79 Å². The van der Waals surface area contributed by atoms with Gasteiger partial charge in [0.25, 0.3) is 0 Å². The first-order chi connectivity index (χ1) is 7.21. The first kappa shape index (κ1) is 13.5. The Morgan fingerprint density at radius 3 is 2.25 bits per heavy atom. The van der Waals surface area contributed by atoms with Crippen LogP contribution < -0.4 is 5.32 Å². The number of rotatable bonds is 3. The molecule has 0 amide bonds. The van der Waals surface area contributed by atoms with Crippen LogP contribution >= 0.6 is 0 Å². The summed E-state index contributed by atoms with van der Waals surface area (Å²) in [5, 5.41) is 3.26. The molecule has 4 heteroatoms. The lowest BCUT2D eigenvalue weighted by molar-refractivity contribution is -0.157. The fourth-order valence-corrected chi connectivity index (χ4v) is 2.81. The average Bonchev–Trinajstić information content (AvgIpc) is 2.31. The number of carbonyl (C=O) groups is 1. The van der Waals surface area contributed by atoms with Crippen molar-refractivity contribution in [3.8, 4) is 0 Å². The van der Waals surface area contributed by atoms with Gasteiger partial charge in [-0.15, -0.1) is 0 Å². The van der Waals surface area contributed by atoms with Crippen molar-refractivity contribution in [1.82, 2.24) is 5.32 Å². The molecule has 1 atom stereocenters. The molecule has 1 aliphatic rings. The number of nitrogens with one attached hydrogen (secondary N) is 1. The van der Waals surface area contributed by atoms with Crippen molar-refractivity contribution < 1.29 is 14.3 Å². The molecule has 0 aromatic carbocycles. The van der Waals surface area contributed by atoms with Gasteiger partial charge in [0.1, 0.15) is 5.54 Å². The van der Waals surface area contributed by atoms with Gasteiger partial charge in [0.2, 0.25) is 0 Å². The number of hydrogen-bond acceptors (Lipinski definition) is 4. The fourth-order valence-electron chi connectivity index (χ4n) is 2.81. The van der Waals surface area contributed by atoms with Gasteiger partial charge in [-0.2, -0.15) is 0 Å². The molecule has 1 heterocycles. The maximum absolute atomic E-state index is 12.1. The van der Waals surface area contributed by atoms with Crippen molar-refractivity contribution in [2.24, 2.45) is 0 Å². The van der Waals surface area contributed by atoms with Crippen LogP contribution in [-0.2, 0) is 14.3 Å². The van der Waals surface area contributed by atoms with Crippen LogP contribution in [0.15, 0.2) is 0 Å². The quantitative estimate of drug-likeness (QED) is 0.745. The van der Waals surface area contributed by atoms with Crippen LogP contribution in [0.3, 0.4) is 0 Å². The minimum atomic E-state index is -0.750. The van der Waals surface area contributed by atoms with E-state index >= 15 is 0 Å². The predicted molar refractivity (Wildman–Crippen MR) is 62.3 cm³/mol. The van der Waals surface area contributed by atoms with E-state index in [1.165, 1.54) is 7.11 Å². The van der Waals surface area contributed by atoms with Crippen molar-refractivity contribution in [3.05, 3.63) is 0 Å². The molecule has 0 aromatic rings. The van der Waals surface area contributed by atoms with E-state index in [4.69, 9.17) is 9.47 Å². The highest BCUT2D eigenvalue weighted by molar-refractivity contribution is 5.83. The summed E-state index contributed by atoms with van der Waals surface area (Å²) >= 11 is 0. The van der Waals surface area contributed by atoms with Crippen LogP contribution in [-0.4, -0.2) is 36.4 Å². The predicted octanol–water partition coefficient (Wildman–Crippen LogP) is 1.49. The summed E-state index contributed by atoms with van der Waals surface area (Å²) in [5.41, 5.74) is -1.64. The molecule has 1 N–H and O–H groups in total. The Morgan fingerprint density at radius 2 is 1.94 bits per heavy atom. The molecule has 0 bridgehead atoms. The third kappa shape index (κ3) is 1.96. The fraction of sp³-hybridized carbons (Fsp3) is 0.917. The normalized spacial score (nSPS) is 31.4. The highest BCUT2D eigenvalue weighted by atomic mass is 16.6. The van der Waals surface area contributed by atoms with Crippen LogP contribution in [0.1, 0.15) is 41.0 Å². The molecule has 0 aromatic heterocycles. The molecule has 16 heavy (non-hydrogen) atoms. The van der Waals surface area contributed by atoms with Gasteiger partial charge in [0, 0.05) is 6.42 Å². The summed E-state index contributed by atoms with van der Waals surface area (Å²) < 4.78 is 10.9. The van der Waals surface area contributed by atoms with Gasteiger partial charge in [-0.05, 0) is 34.2 Å². The third-order valence-corrected chi connectivity index (χ3v) is 3.26. The topological polar surface area (TPSA) is 47.6 Å². The summed E-state index contributed by atoms with van der Waals surface area (Å²) in [6.45, 7) is 10.5. The van der Waals surface area contributed by atoms with Gasteiger partial charge in [0.05, 0.1) is 18.3 Å². The third-order valence-electron chi connectivity index (χ3n) is 3.26. The number of ether oxygens (including phenoxy) is 2. The van der Waals surface area contributed by atoms with Gasteiger partial charge >= 0.3 is 5.97 Å². The Kier molecular flexibility index (Phi) is 3.37. The standard InChI is InChI=1S/C12H23NO3/c1-7-13-12(9(14)15-6)8-10(2,3)16-11(12,4)5/h13H,7-8H2,1-6H3. The zero-order valence-electron chi connectivity index (χ0n) is 11.1. The maximum atomic E-state index is 12.1. The summed E-state index contributed by atoms with van der Waals surface area (Å²) in [6.07, 6.45) is 0.619. The smallest absolute Gasteiger partial charge is 0.329 e.